The maximum atomic E-state index is 5.43. The number of thioether (sulfide) groups is 1. The molecule has 1 spiro atoms. The van der Waals surface area contributed by atoms with Crippen molar-refractivity contribution in [2.75, 3.05) is 25.5 Å². The first kappa shape index (κ1) is 13.2. The molecule has 0 aromatic rings. The maximum absolute atomic E-state index is 5.43. The first-order chi connectivity index (χ1) is 8.11. The third-order valence-electron chi connectivity index (χ3n) is 3.97. The van der Waals surface area contributed by atoms with Gasteiger partial charge in [-0.1, -0.05) is 32.5 Å². The monoisotopic (exact) mass is 256 g/mol. The van der Waals surface area contributed by atoms with Crippen molar-refractivity contribution in [1.82, 2.24) is 5.32 Å². The molecule has 0 radical (unpaired) electrons. The lowest BCUT2D eigenvalue weighted by atomic mass is 9.93. The summed E-state index contributed by atoms with van der Waals surface area (Å²) in [4.78, 5) is 4.72. The molecule has 17 heavy (non-hydrogen) atoms. The number of nitrogens with zero attached hydrogens (tertiary/aromatic N) is 1. The minimum absolute atomic E-state index is 0.281. The van der Waals surface area contributed by atoms with Gasteiger partial charge in [0.2, 0.25) is 0 Å². The molecule has 2 fully saturated rings. The predicted molar refractivity (Wildman–Crippen MR) is 74.7 cm³/mol. The Morgan fingerprint density at radius 2 is 2.06 bits per heavy atom. The van der Waals surface area contributed by atoms with Crippen molar-refractivity contribution in [3.8, 4) is 0 Å². The van der Waals surface area contributed by atoms with Crippen LogP contribution in [-0.2, 0) is 4.74 Å². The van der Waals surface area contributed by atoms with Crippen LogP contribution in [0.25, 0.3) is 0 Å². The largest absolute Gasteiger partial charge is 0.381 e. The summed E-state index contributed by atoms with van der Waals surface area (Å²) in [6.45, 7) is 9.53. The van der Waals surface area contributed by atoms with Crippen LogP contribution in [-0.4, -0.2) is 36.2 Å². The van der Waals surface area contributed by atoms with Gasteiger partial charge in [-0.05, 0) is 24.7 Å². The summed E-state index contributed by atoms with van der Waals surface area (Å²) < 4.78 is 5.43. The van der Waals surface area contributed by atoms with E-state index in [9.17, 15) is 0 Å². The van der Waals surface area contributed by atoms with Crippen molar-refractivity contribution in [3.05, 3.63) is 0 Å². The van der Waals surface area contributed by atoms with Crippen LogP contribution in [0.15, 0.2) is 4.99 Å². The summed E-state index contributed by atoms with van der Waals surface area (Å²) in [6, 6.07) is 0. The van der Waals surface area contributed by atoms with E-state index in [0.717, 1.165) is 43.5 Å². The van der Waals surface area contributed by atoms with Crippen molar-refractivity contribution in [1.29, 1.82) is 0 Å². The van der Waals surface area contributed by atoms with E-state index in [4.69, 9.17) is 9.73 Å². The Kier molecular flexibility index (Phi) is 4.36. The van der Waals surface area contributed by atoms with Gasteiger partial charge in [-0.2, -0.15) is 0 Å². The quantitative estimate of drug-likeness (QED) is 0.842. The van der Waals surface area contributed by atoms with E-state index in [1.165, 1.54) is 0 Å². The van der Waals surface area contributed by atoms with Crippen LogP contribution in [0, 0.1) is 11.8 Å². The van der Waals surface area contributed by atoms with Crippen LogP contribution in [0.3, 0.4) is 0 Å². The zero-order chi connectivity index (χ0) is 12.3. The van der Waals surface area contributed by atoms with Gasteiger partial charge in [0, 0.05) is 25.5 Å². The molecule has 0 aromatic heterocycles. The summed E-state index contributed by atoms with van der Waals surface area (Å²) in [7, 11) is 0. The molecule has 1 atom stereocenters. The van der Waals surface area contributed by atoms with E-state index in [1.807, 2.05) is 11.8 Å². The minimum Gasteiger partial charge on any atom is -0.381 e. The van der Waals surface area contributed by atoms with Crippen molar-refractivity contribution in [2.24, 2.45) is 16.8 Å². The number of nitrogens with one attached hydrogen (secondary N) is 1. The van der Waals surface area contributed by atoms with Gasteiger partial charge in [0.25, 0.3) is 0 Å². The second-order valence-corrected chi connectivity index (χ2v) is 6.64. The van der Waals surface area contributed by atoms with E-state index >= 15 is 0 Å². The molecule has 98 valence electrons. The normalized spacial score (nSPS) is 27.6. The molecule has 2 aliphatic rings. The molecule has 1 unspecified atom stereocenters. The average molecular weight is 256 g/mol. The summed E-state index contributed by atoms with van der Waals surface area (Å²) in [6.07, 6.45) is 2.25. The smallest absolute Gasteiger partial charge is 0.157 e. The number of aliphatic imine (C=N–C) groups is 1. The highest BCUT2D eigenvalue weighted by atomic mass is 32.2. The number of ether oxygens (including phenoxy) is 1. The van der Waals surface area contributed by atoms with Gasteiger partial charge < -0.3 is 10.1 Å². The first-order valence-electron chi connectivity index (χ1n) is 6.64. The summed E-state index contributed by atoms with van der Waals surface area (Å²) in [5.74, 6) is 2.53. The van der Waals surface area contributed by atoms with Gasteiger partial charge in [0.1, 0.15) is 0 Å². The van der Waals surface area contributed by atoms with E-state index in [-0.39, 0.29) is 5.54 Å². The zero-order valence-electron chi connectivity index (χ0n) is 11.2. The Hall–Kier alpha value is -0.220. The Morgan fingerprint density at radius 1 is 1.35 bits per heavy atom. The van der Waals surface area contributed by atoms with Crippen LogP contribution in [0.2, 0.25) is 0 Å². The summed E-state index contributed by atoms with van der Waals surface area (Å²) in [5, 5.41) is 4.79. The van der Waals surface area contributed by atoms with Gasteiger partial charge in [0.15, 0.2) is 5.17 Å². The lowest BCUT2D eigenvalue weighted by Gasteiger charge is -2.32. The third kappa shape index (κ3) is 3.38. The Bertz CT molecular complexity index is 285. The third-order valence-corrected chi connectivity index (χ3v) is 5.17. The van der Waals surface area contributed by atoms with Crippen LogP contribution in [0.5, 0.6) is 0 Å². The molecule has 2 heterocycles. The molecule has 1 N–H and O–H groups in total. The Morgan fingerprint density at radius 3 is 2.71 bits per heavy atom. The lowest BCUT2D eigenvalue weighted by molar-refractivity contribution is 0.0555. The predicted octanol–water partition coefficient (Wildman–Crippen LogP) is 2.52. The van der Waals surface area contributed by atoms with Crippen molar-refractivity contribution >= 4 is 16.9 Å². The Labute approximate surface area is 109 Å². The second-order valence-electron chi connectivity index (χ2n) is 5.67. The maximum Gasteiger partial charge on any atom is 0.157 e. The van der Waals surface area contributed by atoms with Crippen LogP contribution < -0.4 is 5.32 Å². The number of rotatable bonds is 3. The van der Waals surface area contributed by atoms with Crippen molar-refractivity contribution < 1.29 is 4.74 Å². The molecular formula is C13H24N2OS. The topological polar surface area (TPSA) is 33.6 Å². The fraction of sp³-hybridized carbons (Fsp3) is 0.923. The van der Waals surface area contributed by atoms with Crippen molar-refractivity contribution in [2.45, 2.75) is 39.2 Å². The molecule has 0 aliphatic carbocycles. The SMILES string of the molecule is CC(C)C(C)CN=C1NC2(CCOCC2)CS1. The van der Waals surface area contributed by atoms with Gasteiger partial charge in [0.05, 0.1) is 5.54 Å². The second kappa shape index (κ2) is 5.61. The summed E-state index contributed by atoms with van der Waals surface area (Å²) >= 11 is 1.88. The highest BCUT2D eigenvalue weighted by Crippen LogP contribution is 2.31. The van der Waals surface area contributed by atoms with E-state index in [2.05, 4.69) is 26.1 Å². The first-order valence-corrected chi connectivity index (χ1v) is 7.63. The van der Waals surface area contributed by atoms with Crippen LogP contribution in [0.4, 0.5) is 0 Å². The molecule has 0 saturated carbocycles. The summed E-state index contributed by atoms with van der Waals surface area (Å²) in [5.41, 5.74) is 0.281. The highest BCUT2D eigenvalue weighted by Gasteiger charge is 2.38. The standard InChI is InChI=1S/C13H24N2OS/c1-10(2)11(3)8-14-12-15-13(9-17-12)4-6-16-7-5-13/h10-11H,4-9H2,1-3H3,(H,14,15). The molecule has 2 aliphatic heterocycles. The van der Waals surface area contributed by atoms with E-state index in [0.29, 0.717) is 11.8 Å². The van der Waals surface area contributed by atoms with Gasteiger partial charge in [-0.25, -0.2) is 0 Å². The molecule has 4 heteroatoms. The molecule has 0 amide bonds. The van der Waals surface area contributed by atoms with Crippen molar-refractivity contribution in [3.63, 3.8) is 0 Å². The van der Waals surface area contributed by atoms with Crippen LogP contribution >= 0.6 is 11.8 Å². The molecular weight excluding hydrogens is 232 g/mol. The molecule has 0 bridgehead atoms. The van der Waals surface area contributed by atoms with E-state index < -0.39 is 0 Å². The number of hydrogen-bond donors (Lipinski definition) is 1. The average Bonchev–Trinajstić information content (AvgIpc) is 2.70. The Balaban J connectivity index is 1.86. The zero-order valence-corrected chi connectivity index (χ0v) is 12.0. The van der Waals surface area contributed by atoms with Gasteiger partial charge in [-0.3, -0.25) is 4.99 Å². The fourth-order valence-electron chi connectivity index (χ4n) is 2.06. The van der Waals surface area contributed by atoms with E-state index in [1.54, 1.807) is 0 Å². The molecule has 2 rings (SSSR count). The highest BCUT2D eigenvalue weighted by molar-refractivity contribution is 8.14. The molecule has 3 nitrogen and oxygen atoms in total. The van der Waals surface area contributed by atoms with Gasteiger partial charge in [-0.15, -0.1) is 0 Å². The lowest BCUT2D eigenvalue weighted by Crippen LogP contribution is -2.48. The molecule has 0 aromatic carbocycles. The number of amidine groups is 1. The molecule has 2 saturated heterocycles. The number of hydrogen-bond acceptors (Lipinski definition) is 3. The fourth-order valence-corrected chi connectivity index (χ4v) is 3.29. The minimum atomic E-state index is 0.281. The van der Waals surface area contributed by atoms with Crippen LogP contribution in [0.1, 0.15) is 33.6 Å². The van der Waals surface area contributed by atoms with Gasteiger partial charge >= 0.3 is 0 Å².